The Labute approximate surface area is 203 Å². The minimum atomic E-state index is -2.77. The molecule has 1 atom stereocenters. The van der Waals surface area contributed by atoms with Gasteiger partial charge in [0.05, 0.1) is 23.1 Å². The first-order valence-electron chi connectivity index (χ1n) is 10.9. The van der Waals surface area contributed by atoms with Crippen LogP contribution in [0.1, 0.15) is 38.8 Å². The maximum atomic E-state index is 13.7. The third-order valence-corrected chi connectivity index (χ3v) is 6.93. The summed E-state index contributed by atoms with van der Waals surface area (Å²) in [6.45, 7) is 6.87. The van der Waals surface area contributed by atoms with E-state index in [2.05, 4.69) is 16.2 Å². The fraction of sp³-hybridized carbons (Fsp3) is 0.348. The summed E-state index contributed by atoms with van der Waals surface area (Å²) >= 11 is 0. The van der Waals surface area contributed by atoms with Crippen LogP contribution in [0.15, 0.2) is 30.6 Å². The number of nitriles is 1. The number of carbonyl (C=O) groups is 2. The normalized spacial score (nSPS) is 17.7. The molecule has 2 N–H and O–H groups in total. The zero-order valence-corrected chi connectivity index (χ0v) is 20.6. The Hall–Kier alpha value is -3.98. The van der Waals surface area contributed by atoms with Crippen LogP contribution in [-0.4, -0.2) is 57.9 Å². The summed E-state index contributed by atoms with van der Waals surface area (Å²) < 4.78 is 24.8. The summed E-state index contributed by atoms with van der Waals surface area (Å²) in [7, 11) is -2.77. The van der Waals surface area contributed by atoms with Gasteiger partial charge < -0.3 is 15.5 Å². The highest BCUT2D eigenvalue weighted by atomic mass is 32.2. The molecule has 3 aromatic rings. The van der Waals surface area contributed by atoms with E-state index in [0.717, 1.165) is 0 Å². The average Bonchev–Trinajstić information content (AvgIpc) is 3.17. The van der Waals surface area contributed by atoms with Crippen LogP contribution in [0.2, 0.25) is 0 Å². The van der Waals surface area contributed by atoms with Crippen LogP contribution in [0.5, 0.6) is 0 Å². The number of hydrogen-bond donors (Lipinski definition) is 2. The molecular weight excluding hydrogens is 470 g/mol. The quantitative estimate of drug-likeness (QED) is 0.514. The Morgan fingerprint density at radius 2 is 2.03 bits per heavy atom. The molecular formula is C23H25N7O4S. The van der Waals surface area contributed by atoms with Crippen LogP contribution in [0, 0.1) is 11.3 Å². The van der Waals surface area contributed by atoms with Crippen molar-refractivity contribution < 1.29 is 18.0 Å². The largest absolute Gasteiger partial charge is 0.382 e. The molecule has 35 heavy (non-hydrogen) atoms. The molecule has 0 aliphatic carbocycles. The molecule has 3 heterocycles. The van der Waals surface area contributed by atoms with E-state index in [1.54, 1.807) is 43.0 Å². The van der Waals surface area contributed by atoms with Crippen LogP contribution in [-0.2, 0) is 26.0 Å². The number of rotatable bonds is 4. The van der Waals surface area contributed by atoms with Gasteiger partial charge in [-0.2, -0.15) is 10.4 Å². The number of nitrogen functional groups attached to an aromatic ring is 1. The van der Waals surface area contributed by atoms with Crippen LogP contribution in [0.3, 0.4) is 0 Å². The Morgan fingerprint density at radius 3 is 2.66 bits per heavy atom. The molecule has 4 rings (SSSR count). The van der Waals surface area contributed by atoms with Crippen molar-refractivity contribution in [3.05, 3.63) is 41.7 Å². The van der Waals surface area contributed by atoms with Gasteiger partial charge in [-0.3, -0.25) is 9.59 Å². The smallest absolute Gasteiger partial charge is 0.252 e. The van der Waals surface area contributed by atoms with Crippen LogP contribution >= 0.6 is 0 Å². The molecule has 2 amide bonds. The van der Waals surface area contributed by atoms with E-state index in [9.17, 15) is 23.3 Å². The fourth-order valence-corrected chi connectivity index (χ4v) is 5.18. The zero-order valence-electron chi connectivity index (χ0n) is 19.7. The van der Waals surface area contributed by atoms with Crippen molar-refractivity contribution in [2.24, 2.45) is 0 Å². The van der Waals surface area contributed by atoms with E-state index < -0.39 is 22.3 Å². The van der Waals surface area contributed by atoms with Gasteiger partial charge in [-0.05, 0) is 38.5 Å². The average molecular weight is 496 g/mol. The lowest BCUT2D eigenvalue weighted by Gasteiger charge is -2.49. The molecule has 0 radical (unpaired) electrons. The molecule has 1 fully saturated rings. The molecule has 1 saturated heterocycles. The van der Waals surface area contributed by atoms with Crippen molar-refractivity contribution in [3.8, 4) is 17.3 Å². The molecule has 1 aliphatic rings. The Balaban J connectivity index is 1.93. The Morgan fingerprint density at radius 1 is 1.31 bits per heavy atom. The maximum absolute atomic E-state index is 13.7. The number of nitrogens with zero attached hydrogens (tertiary/aromatic N) is 6. The highest BCUT2D eigenvalue weighted by Crippen LogP contribution is 2.36. The van der Waals surface area contributed by atoms with E-state index in [0.29, 0.717) is 28.0 Å². The second-order valence-electron chi connectivity index (χ2n) is 9.01. The molecule has 0 unspecified atom stereocenters. The Bertz CT molecular complexity index is 1480. The van der Waals surface area contributed by atoms with Gasteiger partial charge in [0.2, 0.25) is 5.91 Å². The summed E-state index contributed by atoms with van der Waals surface area (Å²) in [5.41, 5.74) is 7.51. The minimum Gasteiger partial charge on any atom is -0.382 e. The number of nitrogens with two attached hydrogens (primary N) is 1. The van der Waals surface area contributed by atoms with Crippen molar-refractivity contribution in [2.45, 2.75) is 45.0 Å². The first-order chi connectivity index (χ1) is 16.5. The van der Waals surface area contributed by atoms with E-state index in [4.69, 9.17) is 5.73 Å². The van der Waals surface area contributed by atoms with Crippen LogP contribution in [0.4, 0.5) is 11.5 Å². The van der Waals surface area contributed by atoms with E-state index in [-0.39, 0.29) is 35.5 Å². The third-order valence-electron chi connectivity index (χ3n) is 6.33. The van der Waals surface area contributed by atoms with E-state index in [1.165, 1.54) is 22.7 Å². The standard InChI is InChI=1S/C23H25N7O4S/c1-13-10-28(14(2)31)23(3,4)22(32)29(13)18-7-15(5-6-16(18)11-35(33)34)19-8-17(9-24)20-21(25)26-12-27-30(19)20/h5-8,12-13,35H,10-11H2,1-4H3,(H2,25,26,27)/t13-/m0/s1. The molecule has 2 aromatic heterocycles. The number of benzene rings is 1. The van der Waals surface area contributed by atoms with Gasteiger partial charge in [-0.25, -0.2) is 17.9 Å². The van der Waals surface area contributed by atoms with Gasteiger partial charge in [0.25, 0.3) is 5.91 Å². The predicted octanol–water partition coefficient (Wildman–Crippen LogP) is 1.32. The summed E-state index contributed by atoms with van der Waals surface area (Å²) in [6, 6.07) is 8.38. The molecule has 0 saturated carbocycles. The van der Waals surface area contributed by atoms with Crippen molar-refractivity contribution >= 4 is 39.5 Å². The Kier molecular flexibility index (Phi) is 5.98. The van der Waals surface area contributed by atoms with Gasteiger partial charge in [0.15, 0.2) is 5.82 Å². The molecule has 0 bridgehead atoms. The zero-order chi connectivity index (χ0) is 25.7. The number of aromatic nitrogens is 3. The van der Waals surface area contributed by atoms with Crippen molar-refractivity contribution in [1.82, 2.24) is 19.5 Å². The summed E-state index contributed by atoms with van der Waals surface area (Å²) in [6.07, 6.45) is 1.28. The van der Waals surface area contributed by atoms with Crippen LogP contribution in [0.25, 0.3) is 16.8 Å². The predicted molar refractivity (Wildman–Crippen MR) is 130 cm³/mol. The second kappa shape index (κ2) is 8.66. The number of piperazine rings is 1. The highest BCUT2D eigenvalue weighted by molar-refractivity contribution is 7.71. The van der Waals surface area contributed by atoms with Crippen molar-refractivity contribution in [1.29, 1.82) is 5.26 Å². The first kappa shape index (κ1) is 24.2. The first-order valence-corrected chi connectivity index (χ1v) is 12.2. The second-order valence-corrected chi connectivity index (χ2v) is 9.99. The monoisotopic (exact) mass is 495 g/mol. The van der Waals surface area contributed by atoms with Crippen molar-refractivity contribution in [2.75, 3.05) is 17.2 Å². The molecule has 1 aromatic carbocycles. The molecule has 12 heteroatoms. The summed E-state index contributed by atoms with van der Waals surface area (Å²) in [5.74, 6) is -0.650. The van der Waals surface area contributed by atoms with Gasteiger partial charge in [-0.15, -0.1) is 0 Å². The maximum Gasteiger partial charge on any atom is 0.252 e. The number of anilines is 2. The number of hydrogen-bond acceptors (Lipinski definition) is 8. The van der Waals surface area contributed by atoms with Gasteiger partial charge in [-0.1, -0.05) is 12.1 Å². The third kappa shape index (κ3) is 3.97. The van der Waals surface area contributed by atoms with Gasteiger partial charge in [0.1, 0.15) is 34.2 Å². The van der Waals surface area contributed by atoms with Crippen molar-refractivity contribution in [3.63, 3.8) is 0 Å². The lowest BCUT2D eigenvalue weighted by atomic mass is 9.93. The molecule has 0 spiro atoms. The minimum absolute atomic E-state index is 0.147. The lowest BCUT2D eigenvalue weighted by Crippen LogP contribution is -2.67. The molecule has 1 aliphatic heterocycles. The topological polar surface area (TPSA) is 155 Å². The van der Waals surface area contributed by atoms with Gasteiger partial charge >= 0.3 is 0 Å². The number of thiol groups is 1. The summed E-state index contributed by atoms with van der Waals surface area (Å²) in [5, 5.41) is 13.8. The number of carbonyl (C=O) groups excluding carboxylic acids is 2. The number of fused-ring (bicyclic) bond motifs is 1. The number of amides is 2. The molecule has 182 valence electrons. The van der Waals surface area contributed by atoms with Crippen LogP contribution < -0.4 is 10.6 Å². The highest BCUT2D eigenvalue weighted by Gasteiger charge is 2.47. The fourth-order valence-electron chi connectivity index (χ4n) is 4.63. The van der Waals surface area contributed by atoms with Gasteiger partial charge in [0, 0.05) is 24.7 Å². The molecule has 11 nitrogen and oxygen atoms in total. The van der Waals surface area contributed by atoms with E-state index in [1.807, 2.05) is 6.92 Å². The lowest BCUT2D eigenvalue weighted by molar-refractivity contribution is -0.146. The summed E-state index contributed by atoms with van der Waals surface area (Å²) in [4.78, 5) is 32.9. The van der Waals surface area contributed by atoms with E-state index >= 15 is 0 Å². The SMILES string of the molecule is CC(=O)N1C[C@H](C)N(c2cc(-c3cc(C#N)c4c(N)ncnn34)ccc2C[SH](=O)=O)C(=O)C1(C)C.